The van der Waals surface area contributed by atoms with Gasteiger partial charge >= 0.3 is 0 Å². The minimum atomic E-state index is -0.939. The molecule has 0 aromatic heterocycles. The molecule has 7 heteroatoms. The van der Waals surface area contributed by atoms with Crippen molar-refractivity contribution in [2.45, 2.75) is 44.0 Å². The minimum Gasteiger partial charge on any atom is -0.396 e. The number of aliphatic hydroxyl groups excluding tert-OH is 2. The van der Waals surface area contributed by atoms with E-state index in [2.05, 4.69) is 5.32 Å². The molecule has 1 rings (SSSR count). The fourth-order valence-corrected chi connectivity index (χ4v) is 2.02. The smallest absolute Gasteiger partial charge is 0.222 e. The number of nitrogens with one attached hydrogen (secondary N) is 1. The van der Waals surface area contributed by atoms with Gasteiger partial charge in [-0.3, -0.25) is 4.79 Å². The Morgan fingerprint density at radius 1 is 1.39 bits per heavy atom. The average molecular weight is 263 g/mol. The van der Waals surface area contributed by atoms with Crippen LogP contribution in [0.4, 0.5) is 0 Å². The maximum atomic E-state index is 11.4. The molecular formula is C11H21NO6. The SMILES string of the molecule is COC1OC(C)C(NC(=O)CCO)C(O)C1OC. The maximum absolute atomic E-state index is 11.4. The van der Waals surface area contributed by atoms with Gasteiger partial charge in [-0.25, -0.2) is 0 Å². The highest BCUT2D eigenvalue weighted by molar-refractivity contribution is 5.76. The topological polar surface area (TPSA) is 97.3 Å². The Hall–Kier alpha value is -0.730. The lowest BCUT2D eigenvalue weighted by Crippen LogP contribution is -2.63. The van der Waals surface area contributed by atoms with Gasteiger partial charge in [0.1, 0.15) is 12.2 Å². The molecule has 18 heavy (non-hydrogen) atoms. The predicted molar refractivity (Wildman–Crippen MR) is 61.8 cm³/mol. The molecule has 0 bridgehead atoms. The van der Waals surface area contributed by atoms with E-state index in [0.29, 0.717) is 0 Å². The van der Waals surface area contributed by atoms with E-state index in [-0.39, 0.29) is 18.9 Å². The summed E-state index contributed by atoms with van der Waals surface area (Å²) in [6.45, 7) is 1.49. The molecule has 0 aromatic rings. The van der Waals surface area contributed by atoms with Crippen molar-refractivity contribution < 1.29 is 29.2 Å². The third kappa shape index (κ3) is 3.39. The Kier molecular flexibility index (Phi) is 5.97. The second-order valence-electron chi connectivity index (χ2n) is 4.20. The number of ether oxygens (including phenoxy) is 3. The van der Waals surface area contributed by atoms with E-state index >= 15 is 0 Å². The number of hydrogen-bond acceptors (Lipinski definition) is 6. The van der Waals surface area contributed by atoms with E-state index in [1.165, 1.54) is 14.2 Å². The number of aliphatic hydroxyl groups is 2. The molecule has 1 heterocycles. The van der Waals surface area contributed by atoms with Crippen LogP contribution in [0.1, 0.15) is 13.3 Å². The summed E-state index contributed by atoms with van der Waals surface area (Å²) < 4.78 is 15.7. The first-order valence-corrected chi connectivity index (χ1v) is 5.84. The average Bonchev–Trinajstić information content (AvgIpc) is 2.34. The Morgan fingerprint density at radius 2 is 2.06 bits per heavy atom. The lowest BCUT2D eigenvalue weighted by molar-refractivity contribution is -0.269. The lowest BCUT2D eigenvalue weighted by atomic mass is 9.96. The predicted octanol–water partition coefficient (Wildman–Crippen LogP) is -1.38. The largest absolute Gasteiger partial charge is 0.396 e. The second kappa shape index (κ2) is 7.01. The fourth-order valence-electron chi connectivity index (χ4n) is 2.02. The molecule has 0 spiro atoms. The van der Waals surface area contributed by atoms with Crippen molar-refractivity contribution in [3.63, 3.8) is 0 Å². The molecule has 1 amide bonds. The zero-order valence-electron chi connectivity index (χ0n) is 10.8. The Bertz CT molecular complexity index is 274. The summed E-state index contributed by atoms with van der Waals surface area (Å²) in [7, 11) is 2.90. The highest BCUT2D eigenvalue weighted by Crippen LogP contribution is 2.23. The molecule has 0 saturated carbocycles. The molecule has 5 atom stereocenters. The third-order valence-corrected chi connectivity index (χ3v) is 3.00. The minimum absolute atomic E-state index is 0.0126. The van der Waals surface area contributed by atoms with Gasteiger partial charge in [-0.05, 0) is 6.92 Å². The van der Waals surface area contributed by atoms with Gasteiger partial charge in [0.15, 0.2) is 6.29 Å². The van der Waals surface area contributed by atoms with Crippen molar-refractivity contribution in [2.24, 2.45) is 0 Å². The van der Waals surface area contributed by atoms with Crippen molar-refractivity contribution in [2.75, 3.05) is 20.8 Å². The standard InChI is InChI=1S/C11H21NO6/c1-6-8(12-7(14)4-5-13)9(15)10(16-2)11(17-3)18-6/h6,8-11,13,15H,4-5H2,1-3H3,(H,12,14). The first kappa shape index (κ1) is 15.3. The van der Waals surface area contributed by atoms with Crippen LogP contribution in [0.2, 0.25) is 0 Å². The number of amides is 1. The fraction of sp³-hybridized carbons (Fsp3) is 0.909. The van der Waals surface area contributed by atoms with Crippen LogP contribution in [0.5, 0.6) is 0 Å². The van der Waals surface area contributed by atoms with Gasteiger partial charge in [0.05, 0.1) is 18.8 Å². The highest BCUT2D eigenvalue weighted by atomic mass is 16.7. The summed E-state index contributed by atoms with van der Waals surface area (Å²) in [6, 6.07) is -0.597. The molecule has 5 unspecified atom stereocenters. The molecule has 106 valence electrons. The molecule has 0 aromatic carbocycles. The summed E-state index contributed by atoms with van der Waals surface area (Å²) in [4.78, 5) is 11.4. The van der Waals surface area contributed by atoms with Gasteiger partial charge in [0, 0.05) is 20.6 Å². The molecule has 1 fully saturated rings. The van der Waals surface area contributed by atoms with Gasteiger partial charge in [0.25, 0.3) is 0 Å². The molecular weight excluding hydrogens is 242 g/mol. The third-order valence-electron chi connectivity index (χ3n) is 3.00. The van der Waals surface area contributed by atoms with Crippen LogP contribution in [0.25, 0.3) is 0 Å². The Labute approximate surface area is 106 Å². The van der Waals surface area contributed by atoms with Crippen molar-refractivity contribution in [1.82, 2.24) is 5.32 Å². The van der Waals surface area contributed by atoms with Crippen LogP contribution in [-0.4, -0.2) is 67.6 Å². The molecule has 1 aliphatic heterocycles. The van der Waals surface area contributed by atoms with Gasteiger partial charge in [-0.1, -0.05) is 0 Å². The van der Waals surface area contributed by atoms with E-state index in [9.17, 15) is 9.90 Å². The highest BCUT2D eigenvalue weighted by Gasteiger charge is 2.44. The van der Waals surface area contributed by atoms with Crippen LogP contribution in [0, 0.1) is 0 Å². The summed E-state index contributed by atoms with van der Waals surface area (Å²) in [6.07, 6.45) is -2.72. The quantitative estimate of drug-likeness (QED) is 0.565. The van der Waals surface area contributed by atoms with E-state index in [1.54, 1.807) is 6.92 Å². The van der Waals surface area contributed by atoms with Crippen molar-refractivity contribution >= 4 is 5.91 Å². The molecule has 0 aliphatic carbocycles. The summed E-state index contributed by atoms with van der Waals surface area (Å²) in [5.41, 5.74) is 0. The molecule has 3 N–H and O–H groups in total. The number of carbonyl (C=O) groups excluding carboxylic acids is 1. The van der Waals surface area contributed by atoms with Crippen molar-refractivity contribution in [1.29, 1.82) is 0 Å². The van der Waals surface area contributed by atoms with E-state index in [0.717, 1.165) is 0 Å². The van der Waals surface area contributed by atoms with E-state index < -0.39 is 30.6 Å². The van der Waals surface area contributed by atoms with Gasteiger partial charge in [-0.15, -0.1) is 0 Å². The molecule has 1 saturated heterocycles. The monoisotopic (exact) mass is 263 g/mol. The summed E-state index contributed by atoms with van der Waals surface area (Å²) in [5.74, 6) is -0.345. The van der Waals surface area contributed by atoms with Crippen LogP contribution in [0.15, 0.2) is 0 Å². The van der Waals surface area contributed by atoms with Crippen LogP contribution in [-0.2, 0) is 19.0 Å². The van der Waals surface area contributed by atoms with Crippen LogP contribution >= 0.6 is 0 Å². The van der Waals surface area contributed by atoms with Crippen LogP contribution < -0.4 is 5.32 Å². The maximum Gasteiger partial charge on any atom is 0.222 e. The zero-order chi connectivity index (χ0) is 13.7. The normalized spacial score (nSPS) is 36.4. The van der Waals surface area contributed by atoms with E-state index in [4.69, 9.17) is 19.3 Å². The summed E-state index contributed by atoms with van der Waals surface area (Å²) in [5, 5.41) is 21.5. The van der Waals surface area contributed by atoms with Crippen molar-refractivity contribution in [3.8, 4) is 0 Å². The van der Waals surface area contributed by atoms with Crippen LogP contribution in [0.3, 0.4) is 0 Å². The van der Waals surface area contributed by atoms with Gasteiger partial charge in [0.2, 0.25) is 5.91 Å². The Balaban J connectivity index is 2.70. The molecule has 7 nitrogen and oxygen atoms in total. The van der Waals surface area contributed by atoms with Gasteiger partial charge in [-0.2, -0.15) is 0 Å². The second-order valence-corrected chi connectivity index (χ2v) is 4.20. The number of rotatable bonds is 5. The number of methoxy groups -OCH3 is 2. The summed E-state index contributed by atoms with van der Waals surface area (Å²) >= 11 is 0. The van der Waals surface area contributed by atoms with E-state index in [1.807, 2.05) is 0 Å². The zero-order valence-corrected chi connectivity index (χ0v) is 10.8. The van der Waals surface area contributed by atoms with Crippen molar-refractivity contribution in [3.05, 3.63) is 0 Å². The molecule has 0 radical (unpaired) electrons. The first-order valence-electron chi connectivity index (χ1n) is 5.84. The lowest BCUT2D eigenvalue weighted by Gasteiger charge is -2.42. The van der Waals surface area contributed by atoms with Gasteiger partial charge < -0.3 is 29.7 Å². The number of hydrogen-bond donors (Lipinski definition) is 3. The number of carbonyl (C=O) groups is 1. The molecule has 1 aliphatic rings. The Morgan fingerprint density at radius 3 is 2.56 bits per heavy atom. The first-order chi connectivity index (χ1) is 8.54.